The van der Waals surface area contributed by atoms with E-state index in [0.29, 0.717) is 17.9 Å². The van der Waals surface area contributed by atoms with Gasteiger partial charge in [0.15, 0.2) is 5.78 Å². The molecule has 0 atom stereocenters. The van der Waals surface area contributed by atoms with Crippen LogP contribution in [0.3, 0.4) is 0 Å². The molecule has 0 aliphatic carbocycles. The Labute approximate surface area is 124 Å². The Morgan fingerprint density at radius 3 is 2.14 bits per heavy atom. The quantitative estimate of drug-likeness (QED) is 0.254. The minimum absolute atomic E-state index is 0.0143. The summed E-state index contributed by atoms with van der Waals surface area (Å²) in [6.07, 6.45) is 1.82. The molecule has 0 aliphatic heterocycles. The first kappa shape index (κ1) is 14.7. The topological polar surface area (TPSA) is 38.7 Å². The molecule has 0 saturated heterocycles. The third-order valence-corrected chi connectivity index (χ3v) is 2.90. The molecule has 0 amide bonds. The molecule has 0 unspecified atom stereocenters. The first-order chi connectivity index (χ1) is 10.3. The van der Waals surface area contributed by atoms with Crippen LogP contribution >= 0.6 is 0 Å². The van der Waals surface area contributed by atoms with Gasteiger partial charge in [0.25, 0.3) is 0 Å². The summed E-state index contributed by atoms with van der Waals surface area (Å²) in [5, 5.41) is 4.07. The van der Waals surface area contributed by atoms with Gasteiger partial charge in [0.05, 0.1) is 12.1 Å². The maximum Gasteiger partial charge on any atom is 0.168 e. The van der Waals surface area contributed by atoms with E-state index >= 15 is 0 Å². The van der Waals surface area contributed by atoms with Crippen molar-refractivity contribution in [2.24, 2.45) is 5.16 Å². The number of Topliss-reactive ketones (excluding diaryl/α,β-unsaturated/α-hetero) is 1. The largest absolute Gasteiger partial charge is 0.391 e. The molecule has 0 aliphatic rings. The lowest BCUT2D eigenvalue weighted by atomic mass is 10.0. The number of ketones is 1. The van der Waals surface area contributed by atoms with Crippen molar-refractivity contribution >= 4 is 11.5 Å². The molecule has 2 aromatic rings. The van der Waals surface area contributed by atoms with Gasteiger partial charge in [-0.2, -0.15) is 0 Å². The van der Waals surface area contributed by atoms with Gasteiger partial charge >= 0.3 is 0 Å². The fraction of sp³-hybridized carbons (Fsp3) is 0.111. The van der Waals surface area contributed by atoms with Gasteiger partial charge in [-0.3, -0.25) is 4.79 Å². The smallest absolute Gasteiger partial charge is 0.168 e. The van der Waals surface area contributed by atoms with Crippen LogP contribution in [0.5, 0.6) is 0 Å². The van der Waals surface area contributed by atoms with Crippen molar-refractivity contribution in [2.45, 2.75) is 6.42 Å². The van der Waals surface area contributed by atoms with Crippen LogP contribution in [0.2, 0.25) is 0 Å². The van der Waals surface area contributed by atoms with Crippen LogP contribution in [0.15, 0.2) is 78.5 Å². The monoisotopic (exact) mass is 279 g/mol. The minimum Gasteiger partial charge on any atom is -0.391 e. The molecule has 0 saturated carbocycles. The van der Waals surface area contributed by atoms with Gasteiger partial charge < -0.3 is 4.84 Å². The highest BCUT2D eigenvalue weighted by Crippen LogP contribution is 2.10. The van der Waals surface area contributed by atoms with E-state index in [9.17, 15) is 4.79 Å². The first-order valence-electron chi connectivity index (χ1n) is 6.74. The van der Waals surface area contributed by atoms with Crippen molar-refractivity contribution in [3.8, 4) is 0 Å². The molecular weight excluding hydrogens is 262 g/mol. The lowest BCUT2D eigenvalue weighted by molar-refractivity contribution is 0.0998. The number of rotatable bonds is 7. The summed E-state index contributed by atoms with van der Waals surface area (Å²) in [6, 6.07) is 18.7. The molecule has 0 radical (unpaired) electrons. The van der Waals surface area contributed by atoms with Gasteiger partial charge in [-0.05, 0) is 5.56 Å². The highest BCUT2D eigenvalue weighted by molar-refractivity contribution is 6.15. The minimum atomic E-state index is 0.0143. The van der Waals surface area contributed by atoms with E-state index in [4.69, 9.17) is 4.84 Å². The summed E-state index contributed by atoms with van der Waals surface area (Å²) in [4.78, 5) is 17.5. The predicted octanol–water partition coefficient (Wildman–Crippen LogP) is 3.87. The zero-order chi connectivity index (χ0) is 14.9. The van der Waals surface area contributed by atoms with Crippen LogP contribution in [0.1, 0.15) is 22.3 Å². The number of carbonyl (C=O) groups excluding carboxylic acids is 1. The highest BCUT2D eigenvalue weighted by atomic mass is 16.6. The third kappa shape index (κ3) is 4.42. The average molecular weight is 279 g/mol. The second kappa shape index (κ2) is 7.80. The molecule has 2 rings (SSSR count). The van der Waals surface area contributed by atoms with E-state index in [0.717, 1.165) is 5.56 Å². The van der Waals surface area contributed by atoms with Crippen molar-refractivity contribution in [3.05, 3.63) is 84.4 Å². The molecule has 21 heavy (non-hydrogen) atoms. The van der Waals surface area contributed by atoms with E-state index in [2.05, 4.69) is 11.7 Å². The summed E-state index contributed by atoms with van der Waals surface area (Å²) < 4.78 is 0. The number of carbonyl (C=O) groups is 1. The first-order valence-corrected chi connectivity index (χ1v) is 6.74. The van der Waals surface area contributed by atoms with Crippen molar-refractivity contribution < 1.29 is 9.63 Å². The number of oxime groups is 1. The summed E-state index contributed by atoms with van der Waals surface area (Å²) in [6.45, 7) is 3.89. The molecule has 2 aromatic carbocycles. The molecule has 0 heterocycles. The second-order valence-electron chi connectivity index (χ2n) is 4.45. The van der Waals surface area contributed by atoms with Crippen LogP contribution in [-0.2, 0) is 4.84 Å². The fourth-order valence-electron chi connectivity index (χ4n) is 1.86. The Hall–Kier alpha value is -2.68. The third-order valence-electron chi connectivity index (χ3n) is 2.90. The standard InChI is InChI=1S/C18H17NO2/c1-2-13-21-19-17(15-9-5-3-6-10-15)14-18(20)16-11-7-4-8-12-16/h2-12H,1,13-14H2/b19-17-. The average Bonchev–Trinajstić information content (AvgIpc) is 2.55. The van der Waals surface area contributed by atoms with Crippen molar-refractivity contribution in [1.82, 2.24) is 0 Å². The number of nitrogens with zero attached hydrogens (tertiary/aromatic N) is 1. The van der Waals surface area contributed by atoms with Gasteiger partial charge in [-0.15, -0.1) is 0 Å². The second-order valence-corrected chi connectivity index (χ2v) is 4.45. The summed E-state index contributed by atoms with van der Waals surface area (Å²) in [7, 11) is 0. The van der Waals surface area contributed by atoms with Crippen molar-refractivity contribution in [2.75, 3.05) is 6.61 Å². The normalized spacial score (nSPS) is 11.0. The van der Waals surface area contributed by atoms with E-state index in [1.165, 1.54) is 0 Å². The summed E-state index contributed by atoms with van der Waals surface area (Å²) in [5.74, 6) is 0.0143. The Bertz CT molecular complexity index is 618. The van der Waals surface area contributed by atoms with Gasteiger partial charge in [0.1, 0.15) is 6.61 Å². The van der Waals surface area contributed by atoms with Gasteiger partial charge in [0, 0.05) is 5.56 Å². The zero-order valence-corrected chi connectivity index (χ0v) is 11.7. The van der Waals surface area contributed by atoms with Crippen LogP contribution in [0.4, 0.5) is 0 Å². The molecule has 0 N–H and O–H groups in total. The number of benzene rings is 2. The van der Waals surface area contributed by atoms with Crippen LogP contribution in [0.25, 0.3) is 0 Å². The van der Waals surface area contributed by atoms with E-state index < -0.39 is 0 Å². The molecular formula is C18H17NO2. The maximum atomic E-state index is 12.3. The van der Waals surface area contributed by atoms with Crippen molar-refractivity contribution in [1.29, 1.82) is 0 Å². The van der Waals surface area contributed by atoms with Crippen LogP contribution in [-0.4, -0.2) is 18.1 Å². The summed E-state index contributed by atoms with van der Waals surface area (Å²) in [5.41, 5.74) is 2.17. The van der Waals surface area contributed by atoms with Gasteiger partial charge in [0.2, 0.25) is 0 Å². The van der Waals surface area contributed by atoms with Crippen LogP contribution in [0, 0.1) is 0 Å². The molecule has 106 valence electrons. The Kier molecular flexibility index (Phi) is 5.47. The van der Waals surface area contributed by atoms with E-state index in [1.54, 1.807) is 18.2 Å². The number of hydrogen-bond donors (Lipinski definition) is 0. The maximum absolute atomic E-state index is 12.3. The Morgan fingerprint density at radius 2 is 1.57 bits per heavy atom. The summed E-state index contributed by atoms with van der Waals surface area (Å²) >= 11 is 0. The van der Waals surface area contributed by atoms with E-state index in [-0.39, 0.29) is 12.2 Å². The molecule has 0 aromatic heterocycles. The Morgan fingerprint density at radius 1 is 1.00 bits per heavy atom. The fourth-order valence-corrected chi connectivity index (χ4v) is 1.86. The van der Waals surface area contributed by atoms with Crippen molar-refractivity contribution in [3.63, 3.8) is 0 Å². The molecule has 0 bridgehead atoms. The van der Waals surface area contributed by atoms with Gasteiger partial charge in [-0.1, -0.05) is 78.5 Å². The predicted molar refractivity (Wildman–Crippen MR) is 84.5 cm³/mol. The molecule has 3 nitrogen and oxygen atoms in total. The lowest BCUT2D eigenvalue weighted by Crippen LogP contribution is -2.10. The van der Waals surface area contributed by atoms with Crippen LogP contribution < -0.4 is 0 Å². The van der Waals surface area contributed by atoms with Gasteiger partial charge in [-0.25, -0.2) is 0 Å². The highest BCUT2D eigenvalue weighted by Gasteiger charge is 2.12. The Balaban J connectivity index is 2.18. The lowest BCUT2D eigenvalue weighted by Gasteiger charge is -2.06. The molecule has 0 spiro atoms. The molecule has 3 heteroatoms. The molecule has 0 fully saturated rings. The number of hydrogen-bond acceptors (Lipinski definition) is 3. The zero-order valence-electron chi connectivity index (χ0n) is 11.7. The SMILES string of the molecule is C=CCO/N=C(/CC(=O)c1ccccc1)c1ccccc1. The van der Waals surface area contributed by atoms with E-state index in [1.807, 2.05) is 48.5 Å².